The van der Waals surface area contributed by atoms with Gasteiger partial charge in [0.1, 0.15) is 8.07 Å². The van der Waals surface area contributed by atoms with E-state index in [4.69, 9.17) is 0 Å². The van der Waals surface area contributed by atoms with Gasteiger partial charge in [-0.15, -0.1) is 5.54 Å². The molecule has 4 heteroatoms. The summed E-state index contributed by atoms with van der Waals surface area (Å²) in [6, 6.07) is 8.35. The van der Waals surface area contributed by atoms with E-state index in [1.807, 2.05) is 6.92 Å². The average molecular weight is 302 g/mol. The van der Waals surface area contributed by atoms with Crippen LogP contribution < -0.4 is 5.32 Å². The van der Waals surface area contributed by atoms with E-state index in [1.54, 1.807) is 19.0 Å². The number of amides is 2. The normalized spacial score (nSPS) is 12.1. The molecule has 0 aliphatic heterocycles. The van der Waals surface area contributed by atoms with Crippen molar-refractivity contribution in [1.82, 2.24) is 10.2 Å². The maximum absolute atomic E-state index is 11.6. The predicted molar refractivity (Wildman–Crippen MR) is 92.1 cm³/mol. The Morgan fingerprint density at radius 1 is 1.24 bits per heavy atom. The Bertz CT molecular complexity index is 533. The highest BCUT2D eigenvalue weighted by Gasteiger charge is 2.09. The Balaban J connectivity index is 2.62. The van der Waals surface area contributed by atoms with Crippen molar-refractivity contribution >= 4 is 14.1 Å². The van der Waals surface area contributed by atoms with Crippen LogP contribution in [0.3, 0.4) is 0 Å². The number of rotatable bonds is 3. The maximum Gasteiger partial charge on any atom is 0.317 e. The van der Waals surface area contributed by atoms with Crippen LogP contribution in [0.4, 0.5) is 4.79 Å². The highest BCUT2D eigenvalue weighted by atomic mass is 28.3. The third-order valence-electron chi connectivity index (χ3n) is 2.85. The lowest BCUT2D eigenvalue weighted by molar-refractivity contribution is 0.214. The van der Waals surface area contributed by atoms with Gasteiger partial charge >= 0.3 is 6.03 Å². The SMILES string of the molecule is CC(Cc1ccc(C#C[Si](C)(C)C)cc1)NC(=O)N(C)C. The van der Waals surface area contributed by atoms with Crippen LogP contribution in [-0.4, -0.2) is 39.1 Å². The van der Waals surface area contributed by atoms with Gasteiger partial charge in [-0.25, -0.2) is 4.79 Å². The Kier molecular flexibility index (Phi) is 6.04. The van der Waals surface area contributed by atoms with Crippen LogP contribution in [0.25, 0.3) is 0 Å². The third kappa shape index (κ3) is 7.01. The molecule has 3 nitrogen and oxygen atoms in total. The van der Waals surface area contributed by atoms with Crippen LogP contribution in [0.5, 0.6) is 0 Å². The highest BCUT2D eigenvalue weighted by molar-refractivity contribution is 6.83. The van der Waals surface area contributed by atoms with Crippen LogP contribution in [0, 0.1) is 11.5 Å². The van der Waals surface area contributed by atoms with Gasteiger partial charge in [-0.2, -0.15) is 0 Å². The average Bonchev–Trinajstić information content (AvgIpc) is 2.36. The molecule has 0 heterocycles. The summed E-state index contributed by atoms with van der Waals surface area (Å²) in [5.74, 6) is 3.25. The Hall–Kier alpha value is -1.73. The molecule has 1 aromatic rings. The Morgan fingerprint density at radius 2 is 1.81 bits per heavy atom. The monoisotopic (exact) mass is 302 g/mol. The molecule has 0 aromatic heterocycles. The highest BCUT2D eigenvalue weighted by Crippen LogP contribution is 2.07. The number of nitrogens with zero attached hydrogens (tertiary/aromatic N) is 1. The van der Waals surface area contributed by atoms with E-state index in [-0.39, 0.29) is 12.1 Å². The van der Waals surface area contributed by atoms with Crippen LogP contribution in [0.1, 0.15) is 18.1 Å². The molecule has 0 aliphatic rings. The van der Waals surface area contributed by atoms with Crippen molar-refractivity contribution in [1.29, 1.82) is 0 Å². The smallest absolute Gasteiger partial charge is 0.317 e. The van der Waals surface area contributed by atoms with E-state index in [2.05, 4.69) is 60.7 Å². The lowest BCUT2D eigenvalue weighted by Gasteiger charge is -2.17. The molecule has 1 rings (SSSR count). The molecule has 0 spiro atoms. The summed E-state index contributed by atoms with van der Waals surface area (Å²) in [7, 11) is 2.17. The zero-order valence-corrected chi connectivity index (χ0v) is 14.9. The molecular weight excluding hydrogens is 276 g/mol. The molecule has 0 saturated carbocycles. The Morgan fingerprint density at radius 3 is 2.29 bits per heavy atom. The molecule has 1 N–H and O–H groups in total. The molecule has 0 aliphatic carbocycles. The number of carbonyl (C=O) groups is 1. The van der Waals surface area contributed by atoms with Crippen molar-refractivity contribution in [3.05, 3.63) is 35.4 Å². The molecule has 114 valence electrons. The van der Waals surface area contributed by atoms with Gasteiger partial charge in [0.25, 0.3) is 0 Å². The first-order chi connectivity index (χ1) is 9.67. The standard InChI is InChI=1S/C17H26N2OSi/c1-14(18-17(20)19(2)3)13-16-9-7-15(8-10-16)11-12-21(4,5)6/h7-10,14H,13H2,1-6H3,(H,18,20). The minimum Gasteiger partial charge on any atom is -0.335 e. The molecule has 0 bridgehead atoms. The van der Waals surface area contributed by atoms with Gasteiger partial charge in [0, 0.05) is 25.7 Å². The second-order valence-electron chi connectivity index (χ2n) is 6.65. The summed E-state index contributed by atoms with van der Waals surface area (Å²) < 4.78 is 0. The zero-order chi connectivity index (χ0) is 16.0. The molecule has 21 heavy (non-hydrogen) atoms. The van der Waals surface area contributed by atoms with Gasteiger partial charge in [-0.1, -0.05) is 37.7 Å². The van der Waals surface area contributed by atoms with Crippen LogP contribution in [0.15, 0.2) is 24.3 Å². The second kappa shape index (κ2) is 7.33. The van der Waals surface area contributed by atoms with E-state index in [1.165, 1.54) is 5.56 Å². The van der Waals surface area contributed by atoms with Crippen LogP contribution >= 0.6 is 0 Å². The molecule has 2 amide bonds. The van der Waals surface area contributed by atoms with E-state index in [9.17, 15) is 4.79 Å². The molecule has 1 atom stereocenters. The fraction of sp³-hybridized carbons (Fsp3) is 0.471. The van der Waals surface area contributed by atoms with Crippen molar-refractivity contribution in [2.75, 3.05) is 14.1 Å². The first kappa shape index (κ1) is 17.3. The largest absolute Gasteiger partial charge is 0.335 e. The quantitative estimate of drug-likeness (QED) is 0.675. The van der Waals surface area contributed by atoms with Crippen LogP contribution in [0.2, 0.25) is 19.6 Å². The number of carbonyl (C=O) groups excluding carboxylic acids is 1. The number of benzene rings is 1. The lowest BCUT2D eigenvalue weighted by atomic mass is 10.1. The van der Waals surface area contributed by atoms with Crippen LogP contribution in [-0.2, 0) is 6.42 Å². The van der Waals surface area contributed by atoms with Crippen molar-refractivity contribution in [3.8, 4) is 11.5 Å². The molecule has 1 unspecified atom stereocenters. The second-order valence-corrected chi connectivity index (χ2v) is 11.4. The van der Waals surface area contributed by atoms with Crippen molar-refractivity contribution < 1.29 is 4.79 Å². The Labute approximate surface area is 129 Å². The van der Waals surface area contributed by atoms with Gasteiger partial charge in [0.05, 0.1) is 0 Å². The summed E-state index contributed by atoms with van der Waals surface area (Å²) in [5.41, 5.74) is 5.63. The minimum absolute atomic E-state index is 0.0554. The summed E-state index contributed by atoms with van der Waals surface area (Å²) in [6.07, 6.45) is 0.821. The van der Waals surface area contributed by atoms with Gasteiger partial charge < -0.3 is 10.2 Å². The number of hydrogen-bond acceptors (Lipinski definition) is 1. The topological polar surface area (TPSA) is 32.3 Å². The fourth-order valence-corrected chi connectivity index (χ4v) is 2.25. The van der Waals surface area contributed by atoms with Gasteiger partial charge in [-0.05, 0) is 31.0 Å². The lowest BCUT2D eigenvalue weighted by Crippen LogP contribution is -2.40. The van der Waals surface area contributed by atoms with Gasteiger partial charge in [-0.3, -0.25) is 0 Å². The summed E-state index contributed by atoms with van der Waals surface area (Å²) in [5, 5.41) is 2.95. The van der Waals surface area contributed by atoms with E-state index in [0.717, 1.165) is 12.0 Å². The number of nitrogens with one attached hydrogen (secondary N) is 1. The molecule has 1 aromatic carbocycles. The molecule has 0 fully saturated rings. The van der Waals surface area contributed by atoms with Gasteiger partial charge in [0.2, 0.25) is 0 Å². The van der Waals surface area contributed by atoms with Crippen molar-refractivity contribution in [3.63, 3.8) is 0 Å². The maximum atomic E-state index is 11.6. The first-order valence-electron chi connectivity index (χ1n) is 7.27. The van der Waals surface area contributed by atoms with E-state index >= 15 is 0 Å². The number of urea groups is 1. The third-order valence-corrected chi connectivity index (χ3v) is 3.73. The van der Waals surface area contributed by atoms with Gasteiger partial charge in [0.15, 0.2) is 0 Å². The molecule has 0 saturated heterocycles. The fourth-order valence-electron chi connectivity index (χ4n) is 1.73. The summed E-state index contributed by atoms with van der Waals surface area (Å²) in [4.78, 5) is 13.1. The summed E-state index contributed by atoms with van der Waals surface area (Å²) >= 11 is 0. The minimum atomic E-state index is -1.32. The first-order valence-corrected chi connectivity index (χ1v) is 10.8. The van der Waals surface area contributed by atoms with E-state index < -0.39 is 8.07 Å². The molecular formula is C17H26N2OSi. The zero-order valence-electron chi connectivity index (χ0n) is 13.9. The summed E-state index contributed by atoms with van der Waals surface area (Å²) in [6.45, 7) is 8.73. The predicted octanol–water partition coefficient (Wildman–Crippen LogP) is 3.12. The molecule has 0 radical (unpaired) electrons. The van der Waals surface area contributed by atoms with Crippen molar-refractivity contribution in [2.24, 2.45) is 0 Å². The van der Waals surface area contributed by atoms with Crippen molar-refractivity contribution in [2.45, 2.75) is 39.0 Å². The van der Waals surface area contributed by atoms with E-state index in [0.29, 0.717) is 0 Å². The number of hydrogen-bond donors (Lipinski definition) is 1.